The lowest BCUT2D eigenvalue weighted by Crippen LogP contribution is -2.24. The predicted octanol–water partition coefficient (Wildman–Crippen LogP) is 5.70. The fraction of sp³-hybridized carbons (Fsp3) is 0.280. The van der Waals surface area contributed by atoms with E-state index in [0.29, 0.717) is 34.1 Å². The average Bonchev–Trinajstić information content (AvgIpc) is 2.90. The number of nitrogens with one attached hydrogen (secondary N) is 1. The second kappa shape index (κ2) is 9.70. The summed E-state index contributed by atoms with van der Waals surface area (Å²) in [6.45, 7) is 6.80. The Morgan fingerprint density at radius 1 is 1.25 bits per heavy atom. The van der Waals surface area contributed by atoms with Gasteiger partial charge in [0.1, 0.15) is 5.75 Å². The molecule has 7 heteroatoms. The van der Waals surface area contributed by atoms with Gasteiger partial charge in [0.15, 0.2) is 0 Å². The van der Waals surface area contributed by atoms with Gasteiger partial charge in [-0.1, -0.05) is 61.2 Å². The van der Waals surface area contributed by atoms with E-state index in [0.717, 1.165) is 13.3 Å². The lowest BCUT2D eigenvalue weighted by Gasteiger charge is -2.18. The minimum Gasteiger partial charge on any atom is -0.492 e. The van der Waals surface area contributed by atoms with E-state index in [1.165, 1.54) is 12.1 Å². The second-order valence-corrected chi connectivity index (χ2v) is 7.98. The van der Waals surface area contributed by atoms with Crippen molar-refractivity contribution in [1.82, 2.24) is 5.32 Å². The zero-order chi connectivity index (χ0) is 23.5. The summed E-state index contributed by atoms with van der Waals surface area (Å²) >= 11 is 6.44. The van der Waals surface area contributed by atoms with Gasteiger partial charge < -0.3 is 15.2 Å². The molecule has 2 N–H and O–H groups in total. The van der Waals surface area contributed by atoms with Gasteiger partial charge in [0.2, 0.25) is 0 Å². The van der Waals surface area contributed by atoms with E-state index in [9.17, 15) is 18.7 Å². The summed E-state index contributed by atoms with van der Waals surface area (Å²) in [7, 11) is 0. The molecule has 0 saturated carbocycles. The van der Waals surface area contributed by atoms with Crippen LogP contribution in [0.15, 0.2) is 60.4 Å². The molecule has 1 aliphatic rings. The van der Waals surface area contributed by atoms with Crippen molar-refractivity contribution in [2.75, 3.05) is 6.61 Å². The number of allylic oxidation sites excluding steroid dienone is 1. The summed E-state index contributed by atoms with van der Waals surface area (Å²) in [5.41, 5.74) is 5.02. The minimum atomic E-state index is -2.96. The molecule has 1 aliphatic heterocycles. The number of hydrogen-bond acceptors (Lipinski definition) is 3. The van der Waals surface area contributed by atoms with E-state index < -0.39 is 17.7 Å². The number of halogens is 3. The smallest absolute Gasteiger partial charge is 0.270 e. The summed E-state index contributed by atoms with van der Waals surface area (Å²) in [5.74, 6) is -3.60. The molecule has 3 rings (SSSR count). The largest absolute Gasteiger partial charge is 0.492 e. The van der Waals surface area contributed by atoms with Crippen LogP contribution < -0.4 is 10.1 Å². The van der Waals surface area contributed by atoms with E-state index in [1.54, 1.807) is 30.3 Å². The molecule has 0 saturated heterocycles. The number of alkyl halides is 2. The summed E-state index contributed by atoms with van der Waals surface area (Å²) < 4.78 is 32.9. The fourth-order valence-corrected chi connectivity index (χ4v) is 3.63. The molecule has 0 radical (unpaired) electrons. The van der Waals surface area contributed by atoms with Crippen molar-refractivity contribution in [2.24, 2.45) is 0 Å². The molecule has 1 unspecified atom stereocenters. The van der Waals surface area contributed by atoms with Gasteiger partial charge in [-0.3, -0.25) is 4.79 Å². The molecule has 168 valence electrons. The van der Waals surface area contributed by atoms with Crippen molar-refractivity contribution in [1.29, 1.82) is 0 Å². The number of aliphatic hydroxyl groups excluding tert-OH is 1. The standard InChI is InChI=1S/C25H24ClF2NO3/c1-4-13-32-23-17(14-30)7-11-20(26)22(23)21-12-10-19(15(2)24(31)29-21)16-5-8-18(9-6-16)25(3,27)28/h5-11,19,30H,2,4,13-14H2,1,3H3,(H,29,31). The maximum absolute atomic E-state index is 13.5. The van der Waals surface area contributed by atoms with Gasteiger partial charge in [-0.2, -0.15) is 0 Å². The lowest BCUT2D eigenvalue weighted by atomic mass is 9.90. The van der Waals surface area contributed by atoms with Crippen LogP contribution in [0.5, 0.6) is 5.75 Å². The quantitative estimate of drug-likeness (QED) is 0.412. The minimum absolute atomic E-state index is 0.115. The first-order valence-electron chi connectivity index (χ1n) is 10.2. The van der Waals surface area contributed by atoms with Crippen molar-refractivity contribution < 1.29 is 23.4 Å². The van der Waals surface area contributed by atoms with E-state index in [2.05, 4.69) is 17.6 Å². The number of rotatable bonds is 7. The van der Waals surface area contributed by atoms with E-state index in [-0.39, 0.29) is 23.4 Å². The molecule has 1 atom stereocenters. The van der Waals surface area contributed by atoms with Crippen molar-refractivity contribution in [3.05, 3.63) is 87.6 Å². The monoisotopic (exact) mass is 459 g/mol. The van der Waals surface area contributed by atoms with Gasteiger partial charge in [0.05, 0.1) is 29.5 Å². The van der Waals surface area contributed by atoms with Gasteiger partial charge in [0.25, 0.3) is 11.8 Å². The summed E-state index contributed by atoms with van der Waals surface area (Å²) in [6.07, 6.45) is 2.38. The maximum atomic E-state index is 13.5. The maximum Gasteiger partial charge on any atom is 0.270 e. The van der Waals surface area contributed by atoms with Gasteiger partial charge in [-0.15, -0.1) is 0 Å². The van der Waals surface area contributed by atoms with Gasteiger partial charge in [-0.25, -0.2) is 8.78 Å². The van der Waals surface area contributed by atoms with Crippen molar-refractivity contribution in [3.8, 4) is 5.75 Å². The topological polar surface area (TPSA) is 58.6 Å². The van der Waals surface area contributed by atoms with Crippen LogP contribution in [0, 0.1) is 0 Å². The Morgan fingerprint density at radius 3 is 2.53 bits per heavy atom. The first-order valence-corrected chi connectivity index (χ1v) is 10.6. The zero-order valence-electron chi connectivity index (χ0n) is 17.8. The van der Waals surface area contributed by atoms with Crippen LogP contribution in [0.3, 0.4) is 0 Å². The highest BCUT2D eigenvalue weighted by Gasteiger charge is 2.27. The Balaban J connectivity index is 2.09. The molecule has 32 heavy (non-hydrogen) atoms. The lowest BCUT2D eigenvalue weighted by molar-refractivity contribution is -0.116. The molecule has 2 aromatic carbocycles. The first kappa shape index (κ1) is 23.7. The third kappa shape index (κ3) is 4.94. The molecule has 4 nitrogen and oxygen atoms in total. The molecular weight excluding hydrogens is 436 g/mol. The summed E-state index contributed by atoms with van der Waals surface area (Å²) in [4.78, 5) is 12.9. The predicted molar refractivity (Wildman–Crippen MR) is 121 cm³/mol. The van der Waals surface area contributed by atoms with Gasteiger partial charge >= 0.3 is 0 Å². The number of aliphatic hydroxyl groups is 1. The van der Waals surface area contributed by atoms with Crippen LogP contribution in [0.4, 0.5) is 8.78 Å². The molecule has 0 fully saturated rings. The second-order valence-electron chi connectivity index (χ2n) is 7.57. The number of hydrogen-bond donors (Lipinski definition) is 2. The number of carbonyl (C=O) groups is 1. The SMILES string of the molecule is C=C1C(=O)NC(c2c(Cl)ccc(CO)c2OCCC)=C=CC1c1ccc(C(C)(F)F)cc1. The zero-order valence-corrected chi connectivity index (χ0v) is 18.6. The third-order valence-corrected chi connectivity index (χ3v) is 5.45. The Bertz CT molecular complexity index is 1100. The highest BCUT2D eigenvalue weighted by Crippen LogP contribution is 2.37. The van der Waals surface area contributed by atoms with E-state index in [4.69, 9.17) is 16.3 Å². The van der Waals surface area contributed by atoms with Crippen molar-refractivity contribution in [2.45, 2.75) is 38.7 Å². The first-order chi connectivity index (χ1) is 15.2. The van der Waals surface area contributed by atoms with Crippen molar-refractivity contribution in [3.63, 3.8) is 0 Å². The fourth-order valence-electron chi connectivity index (χ4n) is 3.38. The Kier molecular flexibility index (Phi) is 7.19. The molecule has 0 spiro atoms. The molecule has 2 aromatic rings. The molecule has 0 bridgehead atoms. The third-order valence-electron chi connectivity index (χ3n) is 5.14. The highest BCUT2D eigenvalue weighted by atomic mass is 35.5. The van der Waals surface area contributed by atoms with E-state index >= 15 is 0 Å². The summed E-state index contributed by atoms with van der Waals surface area (Å²) in [5, 5.41) is 12.8. The number of benzene rings is 2. The number of ether oxygens (including phenoxy) is 1. The number of carbonyl (C=O) groups excluding carboxylic acids is 1. The average molecular weight is 460 g/mol. The summed E-state index contributed by atoms with van der Waals surface area (Å²) in [6, 6.07) is 9.04. The van der Waals surface area contributed by atoms with Gasteiger partial charge in [0, 0.05) is 29.5 Å². The Morgan fingerprint density at radius 2 is 1.94 bits per heavy atom. The van der Waals surface area contributed by atoms with Crippen LogP contribution >= 0.6 is 11.6 Å². The van der Waals surface area contributed by atoms with Crippen molar-refractivity contribution >= 4 is 23.2 Å². The molecule has 0 aromatic heterocycles. The van der Waals surface area contributed by atoms with Crippen LogP contribution in [-0.4, -0.2) is 17.6 Å². The molecule has 1 amide bonds. The van der Waals surface area contributed by atoms with Crippen LogP contribution in [0.2, 0.25) is 5.02 Å². The molecule has 1 heterocycles. The Hall–Kier alpha value is -2.92. The Labute approximate surface area is 190 Å². The van der Waals surface area contributed by atoms with Gasteiger partial charge in [-0.05, 0) is 24.1 Å². The molecule has 0 aliphatic carbocycles. The van der Waals surface area contributed by atoms with Crippen LogP contribution in [-0.2, 0) is 17.3 Å². The highest BCUT2D eigenvalue weighted by molar-refractivity contribution is 6.32. The van der Waals surface area contributed by atoms with E-state index in [1.807, 2.05) is 6.92 Å². The number of amides is 1. The molecular formula is C25H24ClF2NO3. The van der Waals surface area contributed by atoms with Crippen LogP contribution in [0.1, 0.15) is 48.4 Å². The normalized spacial score (nSPS) is 16.4. The van der Waals surface area contributed by atoms with Crippen LogP contribution in [0.25, 0.3) is 5.70 Å².